The van der Waals surface area contributed by atoms with Gasteiger partial charge in [-0.25, -0.2) is 0 Å². The maximum absolute atomic E-state index is 6.26. The predicted octanol–water partition coefficient (Wildman–Crippen LogP) is 3.69. The van der Waals surface area contributed by atoms with E-state index < -0.39 is 0 Å². The molecular formula is C16H32N2. The molecule has 1 aliphatic heterocycles. The molecule has 18 heavy (non-hydrogen) atoms. The molecule has 2 heteroatoms. The molecule has 1 atom stereocenters. The molecule has 0 spiro atoms. The summed E-state index contributed by atoms with van der Waals surface area (Å²) >= 11 is 0. The summed E-state index contributed by atoms with van der Waals surface area (Å²) in [5.41, 5.74) is 6.60. The third-order valence-corrected chi connectivity index (χ3v) is 5.33. The van der Waals surface area contributed by atoms with Gasteiger partial charge in [0.1, 0.15) is 0 Å². The van der Waals surface area contributed by atoms with Gasteiger partial charge in [-0.3, -0.25) is 4.90 Å². The molecule has 0 bridgehead atoms. The molecule has 0 amide bonds. The SMILES string of the molecule is CC1CCCCCN1C1(CN)CCCCCCC1. The first-order chi connectivity index (χ1) is 8.78. The molecule has 106 valence electrons. The minimum Gasteiger partial charge on any atom is -0.329 e. The summed E-state index contributed by atoms with van der Waals surface area (Å²) < 4.78 is 0. The molecule has 2 fully saturated rings. The smallest absolute Gasteiger partial charge is 0.0334 e. The molecule has 2 nitrogen and oxygen atoms in total. The lowest BCUT2D eigenvalue weighted by molar-refractivity contribution is 0.0348. The van der Waals surface area contributed by atoms with Crippen molar-refractivity contribution in [2.45, 2.75) is 89.1 Å². The molecule has 2 N–H and O–H groups in total. The van der Waals surface area contributed by atoms with Crippen molar-refractivity contribution in [2.75, 3.05) is 13.1 Å². The van der Waals surface area contributed by atoms with E-state index in [2.05, 4.69) is 11.8 Å². The lowest BCUT2D eigenvalue weighted by Gasteiger charge is -2.47. The van der Waals surface area contributed by atoms with Crippen LogP contribution in [-0.2, 0) is 0 Å². The third kappa shape index (κ3) is 3.27. The van der Waals surface area contributed by atoms with Crippen molar-refractivity contribution in [3.63, 3.8) is 0 Å². The van der Waals surface area contributed by atoms with Crippen molar-refractivity contribution >= 4 is 0 Å². The zero-order valence-electron chi connectivity index (χ0n) is 12.3. The second-order valence-corrected chi connectivity index (χ2v) is 6.59. The van der Waals surface area contributed by atoms with E-state index in [4.69, 9.17) is 5.73 Å². The molecule has 2 aliphatic rings. The maximum Gasteiger partial charge on any atom is 0.0334 e. The van der Waals surface area contributed by atoms with E-state index >= 15 is 0 Å². The molecular weight excluding hydrogens is 220 g/mol. The van der Waals surface area contributed by atoms with Crippen molar-refractivity contribution < 1.29 is 0 Å². The average molecular weight is 252 g/mol. The quantitative estimate of drug-likeness (QED) is 0.812. The van der Waals surface area contributed by atoms with Crippen molar-refractivity contribution in [1.82, 2.24) is 4.90 Å². The zero-order chi connectivity index (χ0) is 12.8. The lowest BCUT2D eigenvalue weighted by atomic mass is 9.81. The summed E-state index contributed by atoms with van der Waals surface area (Å²) in [4.78, 5) is 2.81. The lowest BCUT2D eigenvalue weighted by Crippen LogP contribution is -2.57. The first kappa shape index (κ1) is 14.3. The standard InChI is InChI=1S/C16H32N2/c1-15-10-6-5-9-13-18(15)16(14-17)11-7-3-2-4-8-12-16/h15H,2-14,17H2,1H3. The highest BCUT2D eigenvalue weighted by molar-refractivity contribution is 4.95. The molecule has 0 aromatic carbocycles. The van der Waals surface area contributed by atoms with E-state index in [0.717, 1.165) is 12.6 Å². The molecule has 0 aromatic rings. The second-order valence-electron chi connectivity index (χ2n) is 6.59. The van der Waals surface area contributed by atoms with Crippen molar-refractivity contribution in [2.24, 2.45) is 5.73 Å². The van der Waals surface area contributed by atoms with Crippen LogP contribution in [0.1, 0.15) is 77.6 Å². The van der Waals surface area contributed by atoms with E-state index in [1.807, 2.05) is 0 Å². The van der Waals surface area contributed by atoms with Crippen LogP contribution in [0.5, 0.6) is 0 Å². The van der Waals surface area contributed by atoms with Crippen LogP contribution in [0.25, 0.3) is 0 Å². The van der Waals surface area contributed by atoms with E-state index in [-0.39, 0.29) is 0 Å². The van der Waals surface area contributed by atoms with Gasteiger partial charge in [0.15, 0.2) is 0 Å². The molecule has 0 radical (unpaired) electrons. The minimum atomic E-state index is 0.337. The van der Waals surface area contributed by atoms with Crippen LogP contribution in [0.3, 0.4) is 0 Å². The number of rotatable bonds is 2. The number of likely N-dealkylation sites (tertiary alicyclic amines) is 1. The van der Waals surface area contributed by atoms with Gasteiger partial charge in [0.2, 0.25) is 0 Å². The van der Waals surface area contributed by atoms with Gasteiger partial charge in [-0.2, -0.15) is 0 Å². The van der Waals surface area contributed by atoms with Gasteiger partial charge in [0, 0.05) is 18.1 Å². The Morgan fingerprint density at radius 2 is 1.56 bits per heavy atom. The number of nitrogens with two attached hydrogens (primary N) is 1. The largest absolute Gasteiger partial charge is 0.329 e. The Balaban J connectivity index is 2.11. The average Bonchev–Trinajstić information content (AvgIpc) is 2.56. The first-order valence-electron chi connectivity index (χ1n) is 8.25. The van der Waals surface area contributed by atoms with Gasteiger partial charge < -0.3 is 5.73 Å². The number of hydrogen-bond donors (Lipinski definition) is 1. The van der Waals surface area contributed by atoms with Gasteiger partial charge in [-0.05, 0) is 39.2 Å². The number of nitrogens with zero attached hydrogens (tertiary/aromatic N) is 1. The van der Waals surface area contributed by atoms with E-state index in [9.17, 15) is 0 Å². The Morgan fingerprint density at radius 1 is 0.944 bits per heavy atom. The Morgan fingerprint density at radius 3 is 2.22 bits per heavy atom. The minimum absolute atomic E-state index is 0.337. The van der Waals surface area contributed by atoms with Crippen LogP contribution in [0.4, 0.5) is 0 Å². The van der Waals surface area contributed by atoms with E-state index in [0.29, 0.717) is 5.54 Å². The van der Waals surface area contributed by atoms with Crippen LogP contribution < -0.4 is 5.73 Å². The Hall–Kier alpha value is -0.0800. The monoisotopic (exact) mass is 252 g/mol. The van der Waals surface area contributed by atoms with Crippen LogP contribution in [0.2, 0.25) is 0 Å². The molecule has 1 unspecified atom stereocenters. The van der Waals surface area contributed by atoms with Gasteiger partial charge >= 0.3 is 0 Å². The van der Waals surface area contributed by atoms with Crippen LogP contribution in [0, 0.1) is 0 Å². The molecule has 2 rings (SSSR count). The first-order valence-corrected chi connectivity index (χ1v) is 8.25. The van der Waals surface area contributed by atoms with Crippen LogP contribution in [0.15, 0.2) is 0 Å². The summed E-state index contributed by atoms with van der Waals surface area (Å²) in [6.07, 6.45) is 15.3. The summed E-state index contributed by atoms with van der Waals surface area (Å²) in [7, 11) is 0. The second kappa shape index (κ2) is 6.91. The summed E-state index contributed by atoms with van der Waals surface area (Å²) in [5.74, 6) is 0. The topological polar surface area (TPSA) is 29.3 Å². The predicted molar refractivity (Wildman–Crippen MR) is 78.7 cm³/mol. The molecule has 1 saturated carbocycles. The highest BCUT2D eigenvalue weighted by Gasteiger charge is 2.37. The van der Waals surface area contributed by atoms with E-state index in [1.165, 1.54) is 77.2 Å². The molecule has 0 aromatic heterocycles. The third-order valence-electron chi connectivity index (χ3n) is 5.33. The maximum atomic E-state index is 6.26. The van der Waals surface area contributed by atoms with Gasteiger partial charge in [-0.1, -0.05) is 44.9 Å². The summed E-state index contributed by atoms with van der Waals surface area (Å²) in [6.45, 7) is 4.59. The molecule has 1 aliphatic carbocycles. The van der Waals surface area contributed by atoms with Crippen molar-refractivity contribution in [3.8, 4) is 0 Å². The van der Waals surface area contributed by atoms with E-state index in [1.54, 1.807) is 0 Å². The molecule has 1 saturated heterocycles. The van der Waals surface area contributed by atoms with Crippen LogP contribution >= 0.6 is 0 Å². The highest BCUT2D eigenvalue weighted by atomic mass is 15.2. The van der Waals surface area contributed by atoms with Gasteiger partial charge in [0.25, 0.3) is 0 Å². The zero-order valence-corrected chi connectivity index (χ0v) is 12.3. The fourth-order valence-electron chi connectivity index (χ4n) is 4.15. The normalized spacial score (nSPS) is 31.3. The summed E-state index contributed by atoms with van der Waals surface area (Å²) in [5, 5.41) is 0. The molecule has 1 heterocycles. The fraction of sp³-hybridized carbons (Fsp3) is 1.00. The van der Waals surface area contributed by atoms with Crippen molar-refractivity contribution in [1.29, 1.82) is 0 Å². The van der Waals surface area contributed by atoms with Crippen molar-refractivity contribution in [3.05, 3.63) is 0 Å². The van der Waals surface area contributed by atoms with Crippen LogP contribution in [-0.4, -0.2) is 29.6 Å². The highest BCUT2D eigenvalue weighted by Crippen LogP contribution is 2.35. The Labute approximate surface area is 113 Å². The van der Waals surface area contributed by atoms with Gasteiger partial charge in [-0.15, -0.1) is 0 Å². The summed E-state index contributed by atoms with van der Waals surface area (Å²) in [6, 6.07) is 0.746. The Bertz CT molecular complexity index is 231. The number of hydrogen-bond acceptors (Lipinski definition) is 2. The Kier molecular flexibility index (Phi) is 5.50. The fourth-order valence-corrected chi connectivity index (χ4v) is 4.15. The van der Waals surface area contributed by atoms with Gasteiger partial charge in [0.05, 0.1) is 0 Å².